The second-order valence-corrected chi connectivity index (χ2v) is 14.3. The third-order valence-electron chi connectivity index (χ3n) is 9.05. The zero-order chi connectivity index (χ0) is 27.9. The van der Waals surface area contributed by atoms with Gasteiger partial charge in [0.15, 0.2) is 15.6 Å². The van der Waals surface area contributed by atoms with Crippen LogP contribution in [0.5, 0.6) is 5.75 Å². The van der Waals surface area contributed by atoms with E-state index in [1.807, 2.05) is 24.3 Å². The van der Waals surface area contributed by atoms with E-state index in [0.29, 0.717) is 11.6 Å². The molecule has 4 fully saturated rings. The van der Waals surface area contributed by atoms with Gasteiger partial charge in [-0.3, -0.25) is 4.79 Å². The normalized spacial score (nSPS) is 25.1. The van der Waals surface area contributed by atoms with Gasteiger partial charge in [-0.2, -0.15) is 0 Å². The van der Waals surface area contributed by atoms with Gasteiger partial charge in [-0.25, -0.2) is 8.42 Å². The van der Waals surface area contributed by atoms with Crippen LogP contribution in [0.4, 0.5) is 0 Å². The lowest BCUT2D eigenvalue weighted by Crippen LogP contribution is -2.48. The van der Waals surface area contributed by atoms with Gasteiger partial charge in [0.05, 0.1) is 11.5 Å². The van der Waals surface area contributed by atoms with Crippen LogP contribution in [0.15, 0.2) is 71.6 Å². The third kappa shape index (κ3) is 5.40. The minimum Gasteiger partial charge on any atom is -0.489 e. The van der Waals surface area contributed by atoms with Crippen molar-refractivity contribution in [3.63, 3.8) is 0 Å². The van der Waals surface area contributed by atoms with E-state index in [2.05, 4.69) is 24.3 Å². The first-order valence-electron chi connectivity index (χ1n) is 14.2. The summed E-state index contributed by atoms with van der Waals surface area (Å²) in [5.41, 5.74) is 4.20. The molecular weight excluding hydrogens is 544 g/mol. The number of benzene rings is 3. The van der Waals surface area contributed by atoms with E-state index in [1.165, 1.54) is 56.2 Å². The molecule has 0 atom stereocenters. The lowest BCUT2D eigenvalue weighted by molar-refractivity contribution is -0.139. The molecule has 3 aromatic carbocycles. The van der Waals surface area contributed by atoms with Crippen LogP contribution in [0.25, 0.3) is 11.1 Å². The zero-order valence-electron chi connectivity index (χ0n) is 22.8. The molecule has 4 aliphatic rings. The Kier molecular flexibility index (Phi) is 7.43. The molecule has 7 heteroatoms. The summed E-state index contributed by atoms with van der Waals surface area (Å²) in [6, 6.07) is 21.2. The van der Waals surface area contributed by atoms with E-state index in [0.717, 1.165) is 40.2 Å². The molecule has 0 radical (unpaired) electrons. The van der Waals surface area contributed by atoms with Crippen molar-refractivity contribution in [1.29, 1.82) is 0 Å². The molecule has 4 aliphatic carbocycles. The fourth-order valence-corrected chi connectivity index (χ4v) is 9.27. The number of rotatable bonds is 9. The Hall–Kier alpha value is -2.83. The van der Waals surface area contributed by atoms with Crippen LogP contribution >= 0.6 is 11.6 Å². The molecule has 0 aromatic heterocycles. The second-order valence-electron chi connectivity index (χ2n) is 11.9. The Bertz CT molecular complexity index is 1480. The fraction of sp³-hybridized carbons (Fsp3) is 0.424. The number of carbonyl (C=O) groups is 1. The number of halogens is 1. The number of hydrogen-bond acceptors (Lipinski definition) is 5. The number of ether oxygens (including phenoxy) is 2. The van der Waals surface area contributed by atoms with Gasteiger partial charge < -0.3 is 9.47 Å². The lowest BCUT2D eigenvalue weighted by Gasteiger charge is -2.57. The molecule has 0 unspecified atom stereocenters. The summed E-state index contributed by atoms with van der Waals surface area (Å²) >= 11 is 6.71. The molecule has 4 saturated carbocycles. The summed E-state index contributed by atoms with van der Waals surface area (Å²) in [5, 5.41) is 0.333. The van der Waals surface area contributed by atoms with E-state index in [9.17, 15) is 13.2 Å². The number of carbonyl (C=O) groups excluding carboxylic acids is 1. The van der Waals surface area contributed by atoms with E-state index in [4.69, 9.17) is 21.1 Å². The molecule has 0 heterocycles. The standard InChI is InChI=1S/C33H35ClO5S/c1-2-38-32(35)21-40(36,37)27-9-10-28(30(34)16-27)26-8-11-31(39-20-22-6-4-3-5-7-22)29(15-26)33-17-23-12-24(18-33)14-25(13-23)19-33/h3-11,15-16,23-25H,2,12-14,17-21H2,1H3. The molecule has 4 bridgehead atoms. The molecule has 40 heavy (non-hydrogen) atoms. The SMILES string of the molecule is CCOC(=O)CS(=O)(=O)c1ccc(-c2ccc(OCc3ccccc3)c(C34CC5CC(CC(C5)C3)C4)c2)c(Cl)c1. The second kappa shape index (κ2) is 10.9. The number of sulfone groups is 1. The van der Waals surface area contributed by atoms with E-state index < -0.39 is 21.6 Å². The zero-order valence-corrected chi connectivity index (χ0v) is 24.3. The van der Waals surface area contributed by atoms with Gasteiger partial charge in [0.25, 0.3) is 0 Å². The molecule has 0 saturated heterocycles. The molecule has 7 rings (SSSR count). The first kappa shape index (κ1) is 27.3. The van der Waals surface area contributed by atoms with Gasteiger partial charge in [-0.05, 0) is 104 Å². The topological polar surface area (TPSA) is 69.7 Å². The van der Waals surface area contributed by atoms with Crippen molar-refractivity contribution in [2.24, 2.45) is 17.8 Å². The van der Waals surface area contributed by atoms with Crippen molar-refractivity contribution in [1.82, 2.24) is 0 Å². The average molecular weight is 579 g/mol. The van der Waals surface area contributed by atoms with Crippen molar-refractivity contribution in [2.45, 2.75) is 62.4 Å². The lowest BCUT2D eigenvalue weighted by atomic mass is 9.48. The highest BCUT2D eigenvalue weighted by Gasteiger charge is 2.52. The average Bonchev–Trinajstić information content (AvgIpc) is 2.91. The Morgan fingerprint density at radius 1 is 0.925 bits per heavy atom. The monoisotopic (exact) mass is 578 g/mol. The van der Waals surface area contributed by atoms with Crippen LogP contribution in [0.3, 0.4) is 0 Å². The molecule has 210 valence electrons. The van der Waals surface area contributed by atoms with Crippen molar-refractivity contribution >= 4 is 27.4 Å². The third-order valence-corrected chi connectivity index (χ3v) is 11.0. The maximum Gasteiger partial charge on any atom is 0.321 e. The quantitative estimate of drug-likeness (QED) is 0.248. The van der Waals surface area contributed by atoms with Crippen LogP contribution in [0.2, 0.25) is 5.02 Å². The van der Waals surface area contributed by atoms with Crippen LogP contribution < -0.4 is 4.74 Å². The van der Waals surface area contributed by atoms with Gasteiger partial charge >= 0.3 is 5.97 Å². The number of esters is 1. The minimum atomic E-state index is -3.86. The van der Waals surface area contributed by atoms with Crippen LogP contribution in [-0.2, 0) is 31.4 Å². The van der Waals surface area contributed by atoms with Gasteiger partial charge in [0.2, 0.25) is 0 Å². The van der Waals surface area contributed by atoms with E-state index in [-0.39, 0.29) is 16.9 Å². The fourth-order valence-electron chi connectivity index (χ4n) is 7.78. The molecule has 0 amide bonds. The highest BCUT2D eigenvalue weighted by atomic mass is 35.5. The summed E-state index contributed by atoms with van der Waals surface area (Å²) in [6.45, 7) is 2.28. The van der Waals surface area contributed by atoms with Crippen molar-refractivity contribution in [2.75, 3.05) is 12.4 Å². The summed E-state index contributed by atoms with van der Waals surface area (Å²) in [5.74, 6) is 1.80. The predicted molar refractivity (Wildman–Crippen MR) is 156 cm³/mol. The van der Waals surface area contributed by atoms with Gasteiger partial charge in [0, 0.05) is 16.1 Å². The van der Waals surface area contributed by atoms with Crippen molar-refractivity contribution in [3.8, 4) is 16.9 Å². The Labute approximate surface area is 241 Å². The van der Waals surface area contributed by atoms with Gasteiger partial charge in [-0.1, -0.05) is 54.1 Å². The smallest absolute Gasteiger partial charge is 0.321 e. The van der Waals surface area contributed by atoms with E-state index in [1.54, 1.807) is 13.0 Å². The van der Waals surface area contributed by atoms with Crippen molar-refractivity contribution < 1.29 is 22.7 Å². The van der Waals surface area contributed by atoms with Crippen LogP contribution in [-0.4, -0.2) is 26.7 Å². The minimum absolute atomic E-state index is 0.0124. The Morgan fingerprint density at radius 3 is 2.23 bits per heavy atom. The molecule has 0 aliphatic heterocycles. The van der Waals surface area contributed by atoms with Crippen LogP contribution in [0, 0.1) is 17.8 Å². The van der Waals surface area contributed by atoms with Crippen molar-refractivity contribution in [3.05, 3.63) is 82.9 Å². The predicted octanol–water partition coefficient (Wildman–Crippen LogP) is 7.39. The summed E-state index contributed by atoms with van der Waals surface area (Å²) in [4.78, 5) is 11.8. The van der Waals surface area contributed by atoms with Gasteiger partial charge in [-0.15, -0.1) is 0 Å². The van der Waals surface area contributed by atoms with Crippen LogP contribution in [0.1, 0.15) is 56.6 Å². The molecule has 0 spiro atoms. The van der Waals surface area contributed by atoms with Gasteiger partial charge in [0.1, 0.15) is 12.4 Å². The molecule has 3 aromatic rings. The maximum atomic E-state index is 12.8. The summed E-state index contributed by atoms with van der Waals surface area (Å²) < 4.78 is 36.9. The maximum absolute atomic E-state index is 12.8. The Morgan fingerprint density at radius 2 is 1.60 bits per heavy atom. The highest BCUT2D eigenvalue weighted by Crippen LogP contribution is 2.62. The number of hydrogen-bond donors (Lipinski definition) is 0. The first-order chi connectivity index (χ1) is 19.2. The Balaban J connectivity index is 1.35. The molecule has 5 nitrogen and oxygen atoms in total. The summed E-state index contributed by atoms with van der Waals surface area (Å²) in [7, 11) is -3.86. The van der Waals surface area contributed by atoms with E-state index >= 15 is 0 Å². The molecule has 0 N–H and O–H groups in total. The first-order valence-corrected chi connectivity index (χ1v) is 16.3. The largest absolute Gasteiger partial charge is 0.489 e. The molecular formula is C33H35ClO5S. The highest BCUT2D eigenvalue weighted by molar-refractivity contribution is 7.92. The summed E-state index contributed by atoms with van der Waals surface area (Å²) in [6.07, 6.45) is 7.65.